The molecule has 0 bridgehead atoms. The molecule has 0 atom stereocenters. The van der Waals surface area contributed by atoms with Gasteiger partial charge in [-0.15, -0.1) is 0 Å². The van der Waals surface area contributed by atoms with E-state index >= 15 is 0 Å². The first-order valence-corrected chi connectivity index (χ1v) is 10.7. The molecular formula is C23H22N6O4. The van der Waals surface area contributed by atoms with Gasteiger partial charge < -0.3 is 23.0 Å². The third kappa shape index (κ3) is 4.31. The fourth-order valence-corrected chi connectivity index (χ4v) is 3.77. The van der Waals surface area contributed by atoms with Crippen molar-refractivity contribution < 1.29 is 18.1 Å². The summed E-state index contributed by atoms with van der Waals surface area (Å²) in [5, 5.41) is 13.6. The fraction of sp³-hybridized carbons (Fsp3) is 0.304. The third-order valence-corrected chi connectivity index (χ3v) is 5.36. The van der Waals surface area contributed by atoms with Crippen LogP contribution in [0.2, 0.25) is 0 Å². The van der Waals surface area contributed by atoms with Crippen LogP contribution in [0.5, 0.6) is 5.75 Å². The van der Waals surface area contributed by atoms with Gasteiger partial charge in [0.2, 0.25) is 23.3 Å². The first kappa shape index (κ1) is 20.8. The molecule has 0 aliphatic carbocycles. The highest BCUT2D eigenvalue weighted by Crippen LogP contribution is 2.30. The Labute approximate surface area is 190 Å². The van der Waals surface area contributed by atoms with E-state index in [0.29, 0.717) is 55.5 Å². The maximum atomic E-state index is 9.48. The molecule has 5 rings (SSSR count). The van der Waals surface area contributed by atoms with E-state index in [1.54, 1.807) is 18.4 Å². The van der Waals surface area contributed by atoms with Crippen LogP contribution in [0.1, 0.15) is 18.5 Å². The predicted octanol–water partition coefficient (Wildman–Crippen LogP) is 3.58. The summed E-state index contributed by atoms with van der Waals surface area (Å²) in [4.78, 5) is 13.1. The standard InChI is InChI=1S/C23H22N6O4/c1-2-30-18-7-4-3-6-16(18)21-26-20(33-27-21)15-28-9-11-29(12-10-28)23-17(14-24)25-22(32-23)19-8-5-13-31-19/h3-8,13H,2,9-12,15H2,1H3. The normalized spacial score (nSPS) is 14.4. The van der Waals surface area contributed by atoms with E-state index in [4.69, 9.17) is 18.1 Å². The molecule has 0 unspecified atom stereocenters. The Bertz CT molecular complexity index is 1250. The van der Waals surface area contributed by atoms with Gasteiger partial charge in [0.15, 0.2) is 5.76 Å². The van der Waals surface area contributed by atoms with Gasteiger partial charge in [0.05, 0.1) is 25.0 Å². The second kappa shape index (κ2) is 9.18. The van der Waals surface area contributed by atoms with Gasteiger partial charge in [0.1, 0.15) is 11.8 Å². The van der Waals surface area contributed by atoms with Crippen LogP contribution in [-0.4, -0.2) is 52.8 Å². The second-order valence-corrected chi connectivity index (χ2v) is 7.47. The largest absolute Gasteiger partial charge is 0.493 e. The lowest BCUT2D eigenvalue weighted by Gasteiger charge is -2.33. The Morgan fingerprint density at radius 3 is 2.70 bits per heavy atom. The van der Waals surface area contributed by atoms with E-state index in [0.717, 1.165) is 24.4 Å². The number of aromatic nitrogens is 3. The van der Waals surface area contributed by atoms with Crippen molar-refractivity contribution in [1.82, 2.24) is 20.0 Å². The molecule has 0 N–H and O–H groups in total. The summed E-state index contributed by atoms with van der Waals surface area (Å²) in [7, 11) is 0. The predicted molar refractivity (Wildman–Crippen MR) is 117 cm³/mol. The molecule has 0 spiro atoms. The van der Waals surface area contributed by atoms with Gasteiger partial charge in [-0.2, -0.15) is 15.2 Å². The van der Waals surface area contributed by atoms with E-state index in [2.05, 4.69) is 26.1 Å². The minimum Gasteiger partial charge on any atom is -0.493 e. The molecule has 4 aromatic rings. The maximum Gasteiger partial charge on any atom is 0.266 e. The number of hydrogen-bond donors (Lipinski definition) is 0. The molecule has 1 aromatic carbocycles. The lowest BCUT2D eigenvalue weighted by atomic mass is 10.2. The molecule has 4 heterocycles. The number of anilines is 1. The monoisotopic (exact) mass is 446 g/mol. The molecule has 10 heteroatoms. The molecule has 10 nitrogen and oxygen atoms in total. The number of benzene rings is 1. The van der Waals surface area contributed by atoms with Gasteiger partial charge in [-0.3, -0.25) is 4.90 Å². The van der Waals surface area contributed by atoms with Crippen molar-refractivity contribution in [2.75, 3.05) is 37.7 Å². The van der Waals surface area contributed by atoms with Crippen molar-refractivity contribution >= 4 is 5.88 Å². The summed E-state index contributed by atoms with van der Waals surface area (Å²) < 4.78 is 22.4. The van der Waals surface area contributed by atoms with Crippen LogP contribution in [0.3, 0.4) is 0 Å². The molecule has 0 saturated carbocycles. The van der Waals surface area contributed by atoms with Crippen LogP contribution in [0.15, 0.2) is 56.0 Å². The van der Waals surface area contributed by atoms with Crippen molar-refractivity contribution in [3.63, 3.8) is 0 Å². The number of hydrogen-bond acceptors (Lipinski definition) is 10. The van der Waals surface area contributed by atoms with Crippen LogP contribution in [-0.2, 0) is 6.54 Å². The first-order valence-electron chi connectivity index (χ1n) is 10.7. The number of ether oxygens (including phenoxy) is 1. The number of piperazine rings is 1. The first-order chi connectivity index (χ1) is 16.2. The summed E-state index contributed by atoms with van der Waals surface area (Å²) in [5.74, 6) is 3.06. The van der Waals surface area contributed by atoms with E-state index < -0.39 is 0 Å². The fourth-order valence-electron chi connectivity index (χ4n) is 3.77. The number of nitrogens with zero attached hydrogens (tertiary/aromatic N) is 6. The quantitative estimate of drug-likeness (QED) is 0.417. The average Bonchev–Trinajstić information content (AvgIpc) is 3.61. The number of furan rings is 1. The summed E-state index contributed by atoms with van der Waals surface area (Å²) in [6.45, 7) is 5.88. The smallest absolute Gasteiger partial charge is 0.266 e. The zero-order valence-corrected chi connectivity index (χ0v) is 18.1. The maximum absolute atomic E-state index is 9.48. The molecule has 0 amide bonds. The Morgan fingerprint density at radius 1 is 1.09 bits per heavy atom. The van der Waals surface area contributed by atoms with E-state index in [9.17, 15) is 5.26 Å². The third-order valence-electron chi connectivity index (χ3n) is 5.36. The minimum atomic E-state index is 0.254. The molecule has 3 aromatic heterocycles. The lowest BCUT2D eigenvalue weighted by molar-refractivity contribution is 0.213. The topological polar surface area (TPSA) is 118 Å². The Hall–Kier alpha value is -4.10. The van der Waals surface area contributed by atoms with Crippen LogP contribution >= 0.6 is 0 Å². The Morgan fingerprint density at radius 2 is 1.94 bits per heavy atom. The molecule has 0 radical (unpaired) electrons. The van der Waals surface area contributed by atoms with Gasteiger partial charge in [0, 0.05) is 26.2 Å². The zero-order valence-electron chi connectivity index (χ0n) is 18.1. The summed E-state index contributed by atoms with van der Waals surface area (Å²) in [5.41, 5.74) is 1.06. The molecular weight excluding hydrogens is 424 g/mol. The highest BCUT2D eigenvalue weighted by atomic mass is 16.5. The van der Waals surface area contributed by atoms with Crippen LogP contribution in [0, 0.1) is 11.3 Å². The van der Waals surface area contributed by atoms with Crippen LogP contribution in [0.4, 0.5) is 5.88 Å². The Balaban J connectivity index is 1.23. The summed E-state index contributed by atoms with van der Waals surface area (Å²) in [6.07, 6.45) is 1.54. The van der Waals surface area contributed by atoms with Crippen molar-refractivity contribution in [3.05, 3.63) is 54.2 Å². The second-order valence-electron chi connectivity index (χ2n) is 7.47. The summed E-state index contributed by atoms with van der Waals surface area (Å²) in [6, 6.07) is 13.3. The minimum absolute atomic E-state index is 0.254. The van der Waals surface area contributed by atoms with Gasteiger partial charge in [0.25, 0.3) is 5.89 Å². The number of oxazole rings is 1. The van der Waals surface area contributed by atoms with E-state index in [-0.39, 0.29) is 5.69 Å². The highest BCUT2D eigenvalue weighted by molar-refractivity contribution is 5.63. The average molecular weight is 446 g/mol. The van der Waals surface area contributed by atoms with Crippen LogP contribution < -0.4 is 9.64 Å². The van der Waals surface area contributed by atoms with Gasteiger partial charge in [-0.25, -0.2) is 0 Å². The molecule has 33 heavy (non-hydrogen) atoms. The zero-order chi connectivity index (χ0) is 22.6. The SMILES string of the molecule is CCOc1ccccc1-c1noc(CN2CCN(c3oc(-c4ccco4)nc3C#N)CC2)n1. The van der Waals surface area contributed by atoms with Gasteiger partial charge in [-0.05, 0) is 31.2 Å². The molecule has 1 fully saturated rings. The Kier molecular flexibility index (Phi) is 5.78. The molecule has 1 saturated heterocycles. The van der Waals surface area contributed by atoms with Crippen molar-refractivity contribution in [2.45, 2.75) is 13.5 Å². The van der Waals surface area contributed by atoms with Gasteiger partial charge in [-0.1, -0.05) is 17.3 Å². The van der Waals surface area contributed by atoms with Gasteiger partial charge >= 0.3 is 0 Å². The number of para-hydroxylation sites is 1. The summed E-state index contributed by atoms with van der Waals surface area (Å²) >= 11 is 0. The van der Waals surface area contributed by atoms with Crippen molar-refractivity contribution in [1.29, 1.82) is 5.26 Å². The van der Waals surface area contributed by atoms with Crippen LogP contribution in [0.25, 0.3) is 23.0 Å². The van der Waals surface area contributed by atoms with Crippen molar-refractivity contribution in [3.8, 4) is 34.9 Å². The lowest BCUT2D eigenvalue weighted by Crippen LogP contribution is -2.46. The molecule has 1 aliphatic heterocycles. The van der Waals surface area contributed by atoms with E-state index in [1.165, 1.54) is 0 Å². The van der Waals surface area contributed by atoms with E-state index in [1.807, 2.05) is 36.1 Å². The highest BCUT2D eigenvalue weighted by Gasteiger charge is 2.26. The number of nitriles is 1. The molecule has 1 aliphatic rings. The number of rotatable bonds is 7. The molecule has 168 valence electrons. The van der Waals surface area contributed by atoms with Crippen molar-refractivity contribution in [2.24, 2.45) is 0 Å².